The molecule has 0 fully saturated rings. The highest BCUT2D eigenvalue weighted by Gasteiger charge is 2.23. The summed E-state index contributed by atoms with van der Waals surface area (Å²) in [7, 11) is 0. The molecule has 7 heteroatoms. The van der Waals surface area contributed by atoms with Crippen LogP contribution < -0.4 is 0 Å². The number of nitrogens with zero attached hydrogens (tertiary/aromatic N) is 7. The van der Waals surface area contributed by atoms with Gasteiger partial charge in [-0.25, -0.2) is 4.98 Å². The number of pyridine rings is 1. The van der Waals surface area contributed by atoms with Crippen LogP contribution in [0.15, 0.2) is 261 Å². The first-order valence-electron chi connectivity index (χ1n) is 26.8. The summed E-state index contributed by atoms with van der Waals surface area (Å²) in [5.74, 6) is 0.692. The Kier molecular flexibility index (Phi) is 9.93. The molecule has 0 aliphatic heterocycles. The van der Waals surface area contributed by atoms with E-state index in [1.165, 1.54) is 43.6 Å². The average Bonchev–Trinajstić information content (AvgIpc) is 4.43. The van der Waals surface area contributed by atoms with Crippen molar-refractivity contribution in [3.05, 3.63) is 272 Å². The lowest BCUT2D eigenvalue weighted by Crippen LogP contribution is -2.04. The van der Waals surface area contributed by atoms with Gasteiger partial charge in [-0.15, -0.1) is 0 Å². The third-order valence-electron chi connectivity index (χ3n) is 16.3. The first-order chi connectivity index (χ1) is 39.6. The van der Waals surface area contributed by atoms with Gasteiger partial charge in [-0.2, -0.15) is 10.5 Å². The van der Waals surface area contributed by atoms with Crippen molar-refractivity contribution in [2.24, 2.45) is 0 Å². The first kappa shape index (κ1) is 45.0. The number of hydrogen-bond acceptors (Lipinski definition) is 3. The zero-order chi connectivity index (χ0) is 53.0. The van der Waals surface area contributed by atoms with E-state index in [4.69, 9.17) is 4.98 Å². The van der Waals surface area contributed by atoms with Crippen molar-refractivity contribution in [3.8, 4) is 68.4 Å². The fourth-order valence-electron chi connectivity index (χ4n) is 12.8. The molecule has 7 nitrogen and oxygen atoms in total. The average molecular weight is 1020 g/mol. The Balaban J connectivity index is 0.826. The second-order valence-electron chi connectivity index (χ2n) is 20.5. The van der Waals surface area contributed by atoms with Gasteiger partial charge in [0.2, 0.25) is 0 Å². The first-order valence-corrected chi connectivity index (χ1v) is 26.8. The van der Waals surface area contributed by atoms with Crippen LogP contribution in [0.3, 0.4) is 0 Å². The summed E-state index contributed by atoms with van der Waals surface area (Å²) in [6, 6.07) is 94.7. The predicted molar refractivity (Wildman–Crippen MR) is 327 cm³/mol. The van der Waals surface area contributed by atoms with Crippen LogP contribution in [-0.4, -0.2) is 23.3 Å². The number of rotatable bonds is 7. The van der Waals surface area contributed by atoms with Gasteiger partial charge in [0, 0.05) is 65.6 Å². The highest BCUT2D eigenvalue weighted by molar-refractivity contribution is 6.14. The largest absolute Gasteiger partial charge is 0.309 e. The lowest BCUT2D eigenvalue weighted by Gasteiger charge is -2.17. The zero-order valence-electron chi connectivity index (χ0n) is 43.0. The lowest BCUT2D eigenvalue weighted by molar-refractivity contribution is 1.06. The van der Waals surface area contributed by atoms with Crippen molar-refractivity contribution < 1.29 is 0 Å². The van der Waals surface area contributed by atoms with Crippen LogP contribution >= 0.6 is 0 Å². The fraction of sp³-hybridized carbons (Fsp3) is 0. The Bertz CT molecular complexity index is 5220. The van der Waals surface area contributed by atoms with Gasteiger partial charge in [0.1, 0.15) is 18.0 Å². The molecule has 0 bridgehead atoms. The molecule has 0 amide bonds. The van der Waals surface area contributed by atoms with Crippen molar-refractivity contribution in [1.82, 2.24) is 23.3 Å². The van der Waals surface area contributed by atoms with Crippen molar-refractivity contribution in [2.45, 2.75) is 0 Å². The lowest BCUT2D eigenvalue weighted by atomic mass is 9.95. The van der Waals surface area contributed by atoms with Crippen molar-refractivity contribution in [2.75, 3.05) is 0 Å². The SMILES string of the molecule is N#Cc1cccc(-c2cc(-n3c4ccccc4c4cc(-c5ccc(-n6c7ccccc7c7ccccc76)cc5)ccc43)ncc2-n2c3ccccc3c3cc(-c4ccc(-n5c6ccccc6c6ccccc65)cc4)ccc32)c1C#N. The topological polar surface area (TPSA) is 80.2 Å². The molecule has 5 heterocycles. The van der Waals surface area contributed by atoms with Crippen molar-refractivity contribution in [1.29, 1.82) is 10.5 Å². The molecule has 0 spiro atoms. The normalized spacial score (nSPS) is 11.7. The van der Waals surface area contributed by atoms with Gasteiger partial charge < -0.3 is 13.7 Å². The molecule has 5 aromatic heterocycles. The van der Waals surface area contributed by atoms with E-state index in [1.54, 1.807) is 6.07 Å². The summed E-state index contributed by atoms with van der Waals surface area (Å²) in [4.78, 5) is 5.36. The molecule has 16 rings (SSSR count). The van der Waals surface area contributed by atoms with E-state index in [0.717, 1.165) is 88.5 Å². The van der Waals surface area contributed by atoms with Crippen LogP contribution in [-0.2, 0) is 0 Å². The van der Waals surface area contributed by atoms with E-state index < -0.39 is 0 Å². The number of benzene rings is 11. The second kappa shape index (κ2) is 17.7. The van der Waals surface area contributed by atoms with Gasteiger partial charge in [0.05, 0.1) is 67.1 Å². The van der Waals surface area contributed by atoms with Crippen LogP contribution in [0.5, 0.6) is 0 Å². The van der Waals surface area contributed by atoms with Gasteiger partial charge >= 0.3 is 0 Å². The molecule has 0 saturated heterocycles. The minimum atomic E-state index is 0.317. The summed E-state index contributed by atoms with van der Waals surface area (Å²) >= 11 is 0. The summed E-state index contributed by atoms with van der Waals surface area (Å²) < 4.78 is 9.17. The maximum Gasteiger partial charge on any atom is 0.138 e. The molecule has 0 atom stereocenters. The molecule has 0 saturated carbocycles. The Morgan fingerprint density at radius 2 is 0.662 bits per heavy atom. The number of para-hydroxylation sites is 6. The minimum Gasteiger partial charge on any atom is -0.309 e. The fourth-order valence-corrected chi connectivity index (χ4v) is 12.8. The van der Waals surface area contributed by atoms with Gasteiger partial charge in [-0.05, 0) is 119 Å². The molecule has 0 N–H and O–H groups in total. The van der Waals surface area contributed by atoms with Crippen LogP contribution in [0.1, 0.15) is 11.1 Å². The Morgan fingerprint density at radius 3 is 1.10 bits per heavy atom. The highest BCUT2D eigenvalue weighted by Crippen LogP contribution is 2.42. The standard InChI is InChI=1S/C73H43N7/c74-43-50-14-13-21-53(63(50)44-75)62-42-73(80-69-27-12-6-20-59(69)61-41-49(33-39-71(61)80)47-30-36-52(37-31-47)78-66-24-9-3-17-56(66)57-18-4-10-25-67(57)78)76-45-72(62)79-68-26-11-5-19-58(68)60-40-48(32-38-70(60)79)46-28-34-51(35-29-46)77-64-22-7-1-15-54(64)55-16-2-8-23-65(55)77/h1-42,45H. The second-order valence-corrected chi connectivity index (χ2v) is 20.5. The molecule has 11 aromatic carbocycles. The number of fused-ring (bicyclic) bond motifs is 12. The predicted octanol–water partition coefficient (Wildman–Crippen LogP) is 18.2. The molecule has 0 aliphatic carbocycles. The maximum absolute atomic E-state index is 10.8. The molecule has 0 aliphatic rings. The minimum absolute atomic E-state index is 0.317. The smallest absolute Gasteiger partial charge is 0.138 e. The maximum atomic E-state index is 10.8. The Hall–Kier alpha value is -11.3. The van der Waals surface area contributed by atoms with E-state index >= 15 is 0 Å². The van der Waals surface area contributed by atoms with Crippen LogP contribution in [0.4, 0.5) is 0 Å². The highest BCUT2D eigenvalue weighted by atomic mass is 15.1. The number of aromatic nitrogens is 5. The van der Waals surface area contributed by atoms with Crippen molar-refractivity contribution in [3.63, 3.8) is 0 Å². The summed E-state index contributed by atoms with van der Waals surface area (Å²) in [6.07, 6.45) is 1.94. The number of nitriles is 2. The van der Waals surface area contributed by atoms with Crippen LogP contribution in [0, 0.1) is 22.7 Å². The third kappa shape index (κ3) is 6.69. The van der Waals surface area contributed by atoms with E-state index in [2.05, 4.69) is 267 Å². The van der Waals surface area contributed by atoms with E-state index in [1.807, 2.05) is 18.3 Å². The van der Waals surface area contributed by atoms with Gasteiger partial charge in [0.25, 0.3) is 0 Å². The summed E-state index contributed by atoms with van der Waals surface area (Å²) in [6.45, 7) is 0. The zero-order valence-corrected chi connectivity index (χ0v) is 43.0. The molecular weight excluding hydrogens is 975 g/mol. The molecule has 80 heavy (non-hydrogen) atoms. The van der Waals surface area contributed by atoms with E-state index in [0.29, 0.717) is 22.5 Å². The Labute approximate surface area is 459 Å². The Morgan fingerprint density at radius 1 is 0.287 bits per heavy atom. The summed E-state index contributed by atoms with van der Waals surface area (Å²) in [5, 5.41) is 30.5. The quantitative estimate of drug-likeness (QED) is 0.160. The van der Waals surface area contributed by atoms with Crippen LogP contribution in [0.2, 0.25) is 0 Å². The van der Waals surface area contributed by atoms with Gasteiger partial charge in [-0.3, -0.25) is 4.57 Å². The molecular formula is C73H43N7. The third-order valence-corrected chi connectivity index (χ3v) is 16.3. The molecule has 16 aromatic rings. The van der Waals surface area contributed by atoms with Crippen molar-refractivity contribution >= 4 is 87.2 Å². The van der Waals surface area contributed by atoms with Gasteiger partial charge in [-0.1, -0.05) is 158 Å². The molecule has 0 unspecified atom stereocenters. The number of hydrogen-bond donors (Lipinski definition) is 0. The van der Waals surface area contributed by atoms with E-state index in [9.17, 15) is 10.5 Å². The molecule has 0 radical (unpaired) electrons. The van der Waals surface area contributed by atoms with E-state index in [-0.39, 0.29) is 0 Å². The monoisotopic (exact) mass is 1020 g/mol. The van der Waals surface area contributed by atoms with Gasteiger partial charge in [0.15, 0.2) is 0 Å². The van der Waals surface area contributed by atoms with Crippen LogP contribution in [0.25, 0.3) is 143 Å². The summed E-state index contributed by atoms with van der Waals surface area (Å²) in [5.41, 5.74) is 18.2. The molecule has 370 valence electrons.